The molecule has 0 unspecified atom stereocenters. The van der Waals surface area contributed by atoms with Gasteiger partial charge in [0.05, 0.1) is 31.2 Å². The van der Waals surface area contributed by atoms with Gasteiger partial charge >= 0.3 is 5.97 Å². The summed E-state index contributed by atoms with van der Waals surface area (Å²) in [5.74, 6) is -1.37. The fourth-order valence-electron chi connectivity index (χ4n) is 4.49. The molecule has 2 bridgehead atoms. The van der Waals surface area contributed by atoms with Gasteiger partial charge in [0.2, 0.25) is 5.91 Å². The van der Waals surface area contributed by atoms with Crippen LogP contribution in [0.3, 0.4) is 0 Å². The third-order valence-corrected chi connectivity index (χ3v) is 5.87. The second-order valence-corrected chi connectivity index (χ2v) is 7.19. The molecule has 4 rings (SSSR count). The van der Waals surface area contributed by atoms with Crippen LogP contribution in [0.25, 0.3) is 0 Å². The van der Waals surface area contributed by atoms with E-state index in [1.54, 1.807) is 7.11 Å². The summed E-state index contributed by atoms with van der Waals surface area (Å²) in [6.07, 6.45) is 1.01. The van der Waals surface area contributed by atoms with Crippen molar-refractivity contribution in [2.45, 2.75) is 25.0 Å². The molecule has 0 saturated carbocycles. The molecule has 1 aromatic carbocycles. The number of aliphatic carboxylic acids is 1. The van der Waals surface area contributed by atoms with Crippen LogP contribution in [0, 0.1) is 11.8 Å². The molecule has 7 nitrogen and oxygen atoms in total. The predicted octanol–water partition coefficient (Wildman–Crippen LogP) is 1.22. The maximum Gasteiger partial charge on any atom is 0.310 e. The van der Waals surface area contributed by atoms with Gasteiger partial charge in [0, 0.05) is 31.9 Å². The first-order valence-electron chi connectivity index (χ1n) is 9.14. The zero-order valence-electron chi connectivity index (χ0n) is 14.8. The second kappa shape index (κ2) is 6.79. The van der Waals surface area contributed by atoms with Gasteiger partial charge in [-0.05, 0) is 37.1 Å². The van der Waals surface area contributed by atoms with Crippen LogP contribution in [0.4, 0.5) is 5.69 Å². The Morgan fingerprint density at radius 3 is 2.23 bits per heavy atom. The average molecular weight is 360 g/mol. The van der Waals surface area contributed by atoms with E-state index >= 15 is 0 Å². The van der Waals surface area contributed by atoms with Gasteiger partial charge in [0.1, 0.15) is 5.75 Å². The molecule has 7 heteroatoms. The summed E-state index contributed by atoms with van der Waals surface area (Å²) in [6.45, 7) is 2.67. The topological polar surface area (TPSA) is 79.3 Å². The lowest BCUT2D eigenvalue weighted by Gasteiger charge is -2.38. The first-order valence-corrected chi connectivity index (χ1v) is 9.14. The Kier molecular flexibility index (Phi) is 4.48. The van der Waals surface area contributed by atoms with E-state index in [1.165, 1.54) is 0 Å². The number of carboxylic acid groups (broad SMARTS) is 1. The van der Waals surface area contributed by atoms with Crippen LogP contribution < -0.4 is 9.64 Å². The fraction of sp³-hybridized carbons (Fsp3) is 0.579. The number of benzene rings is 1. The number of hydrogen-bond acceptors (Lipinski definition) is 5. The van der Waals surface area contributed by atoms with Crippen molar-refractivity contribution in [2.75, 3.05) is 38.2 Å². The lowest BCUT2D eigenvalue weighted by molar-refractivity contribution is -0.151. The van der Waals surface area contributed by atoms with E-state index in [0.29, 0.717) is 13.1 Å². The van der Waals surface area contributed by atoms with Gasteiger partial charge in [0.15, 0.2) is 0 Å². The van der Waals surface area contributed by atoms with Crippen molar-refractivity contribution in [1.29, 1.82) is 0 Å². The number of fused-ring (bicyclic) bond motifs is 2. The summed E-state index contributed by atoms with van der Waals surface area (Å²) in [5, 5.41) is 9.52. The van der Waals surface area contributed by atoms with Gasteiger partial charge in [-0.2, -0.15) is 0 Å². The molecule has 26 heavy (non-hydrogen) atoms. The van der Waals surface area contributed by atoms with Gasteiger partial charge in [0.25, 0.3) is 0 Å². The number of amides is 1. The Balaban J connectivity index is 1.39. The number of ether oxygens (including phenoxy) is 2. The van der Waals surface area contributed by atoms with E-state index in [4.69, 9.17) is 9.47 Å². The molecule has 3 saturated heterocycles. The van der Waals surface area contributed by atoms with E-state index in [1.807, 2.05) is 29.2 Å². The summed E-state index contributed by atoms with van der Waals surface area (Å²) in [7, 11) is 1.64. The first kappa shape index (κ1) is 17.1. The van der Waals surface area contributed by atoms with Crippen molar-refractivity contribution in [3.05, 3.63) is 24.3 Å². The highest BCUT2D eigenvalue weighted by atomic mass is 16.5. The molecule has 0 spiro atoms. The summed E-state index contributed by atoms with van der Waals surface area (Å²) >= 11 is 0. The molecule has 0 aliphatic carbocycles. The van der Waals surface area contributed by atoms with Crippen LogP contribution in [0.1, 0.15) is 12.8 Å². The van der Waals surface area contributed by atoms with Crippen molar-refractivity contribution >= 4 is 17.6 Å². The zero-order chi connectivity index (χ0) is 18.3. The lowest BCUT2D eigenvalue weighted by Crippen LogP contribution is -2.53. The number of hydrogen-bond donors (Lipinski definition) is 1. The number of piperazine rings is 1. The molecular weight excluding hydrogens is 336 g/mol. The monoisotopic (exact) mass is 360 g/mol. The molecule has 3 aliphatic heterocycles. The molecule has 1 amide bonds. The van der Waals surface area contributed by atoms with E-state index < -0.39 is 17.8 Å². The normalized spacial score (nSPS) is 30.5. The number of carbonyl (C=O) groups excluding carboxylic acids is 1. The van der Waals surface area contributed by atoms with Crippen molar-refractivity contribution in [3.63, 3.8) is 0 Å². The number of methoxy groups -OCH3 is 1. The predicted molar refractivity (Wildman–Crippen MR) is 94.3 cm³/mol. The molecule has 0 radical (unpaired) electrons. The standard InChI is InChI=1S/C19H24N2O5/c1-25-13-4-2-12(3-5-13)20-8-10-21(11-9-20)18(22)16-14-6-7-15(26-14)17(16)19(23)24/h2-5,14-17H,6-11H2,1H3,(H,23,24)/t14-,15+,16-,17+/m1/s1. The minimum Gasteiger partial charge on any atom is -0.497 e. The average Bonchev–Trinajstić information content (AvgIpc) is 3.29. The van der Waals surface area contributed by atoms with E-state index in [9.17, 15) is 14.7 Å². The minimum atomic E-state index is -0.910. The maximum absolute atomic E-state index is 13.0. The van der Waals surface area contributed by atoms with E-state index in [-0.39, 0.29) is 18.1 Å². The summed E-state index contributed by atoms with van der Waals surface area (Å²) in [6, 6.07) is 7.88. The molecule has 3 aliphatic rings. The van der Waals surface area contributed by atoms with Crippen molar-refractivity contribution < 1.29 is 24.2 Å². The molecular formula is C19H24N2O5. The Hall–Kier alpha value is -2.28. The number of nitrogens with zero attached hydrogens (tertiary/aromatic N) is 2. The quantitative estimate of drug-likeness (QED) is 0.870. The smallest absolute Gasteiger partial charge is 0.310 e. The zero-order valence-corrected chi connectivity index (χ0v) is 14.8. The largest absolute Gasteiger partial charge is 0.497 e. The Morgan fingerprint density at radius 1 is 1.04 bits per heavy atom. The molecule has 0 aromatic heterocycles. The number of carboxylic acids is 1. The third kappa shape index (κ3) is 2.90. The van der Waals surface area contributed by atoms with Crippen LogP contribution in [-0.2, 0) is 14.3 Å². The first-order chi connectivity index (χ1) is 12.6. The van der Waals surface area contributed by atoms with Crippen molar-refractivity contribution in [2.24, 2.45) is 11.8 Å². The fourth-order valence-corrected chi connectivity index (χ4v) is 4.49. The minimum absolute atomic E-state index is 0.0565. The van der Waals surface area contributed by atoms with Crippen LogP contribution in [-0.4, -0.2) is 67.4 Å². The molecule has 3 heterocycles. The van der Waals surface area contributed by atoms with Gasteiger partial charge < -0.3 is 24.4 Å². The van der Waals surface area contributed by atoms with Crippen molar-refractivity contribution in [1.82, 2.24) is 4.90 Å². The molecule has 3 fully saturated rings. The molecule has 1 aromatic rings. The van der Waals surface area contributed by atoms with Gasteiger partial charge in [-0.3, -0.25) is 9.59 Å². The van der Waals surface area contributed by atoms with Gasteiger partial charge in [-0.1, -0.05) is 0 Å². The van der Waals surface area contributed by atoms with Crippen LogP contribution >= 0.6 is 0 Å². The highest BCUT2D eigenvalue weighted by molar-refractivity contribution is 5.86. The van der Waals surface area contributed by atoms with E-state index in [2.05, 4.69) is 4.90 Å². The van der Waals surface area contributed by atoms with Gasteiger partial charge in [-0.25, -0.2) is 0 Å². The number of carbonyl (C=O) groups is 2. The number of anilines is 1. The molecule has 140 valence electrons. The highest BCUT2D eigenvalue weighted by Crippen LogP contribution is 2.44. The SMILES string of the molecule is COc1ccc(N2CCN(C(=O)[C@H]3[C@@H](C(=O)O)[C@@H]4CC[C@H]3O4)CC2)cc1. The van der Waals surface area contributed by atoms with Crippen LogP contribution in [0.2, 0.25) is 0 Å². The number of rotatable bonds is 4. The highest BCUT2D eigenvalue weighted by Gasteiger charge is 2.56. The van der Waals surface area contributed by atoms with Crippen LogP contribution in [0.15, 0.2) is 24.3 Å². The summed E-state index contributed by atoms with van der Waals surface area (Å²) in [4.78, 5) is 28.6. The maximum atomic E-state index is 13.0. The molecule has 4 atom stereocenters. The van der Waals surface area contributed by atoms with Crippen LogP contribution in [0.5, 0.6) is 5.75 Å². The second-order valence-electron chi connectivity index (χ2n) is 7.19. The molecule has 1 N–H and O–H groups in total. The Bertz CT molecular complexity index is 684. The summed E-state index contributed by atoms with van der Waals surface area (Å²) < 4.78 is 10.9. The Labute approximate surface area is 152 Å². The van der Waals surface area contributed by atoms with Crippen molar-refractivity contribution in [3.8, 4) is 5.75 Å². The lowest BCUT2D eigenvalue weighted by atomic mass is 9.78. The Morgan fingerprint density at radius 2 is 1.65 bits per heavy atom. The van der Waals surface area contributed by atoms with E-state index in [0.717, 1.165) is 37.4 Å². The third-order valence-electron chi connectivity index (χ3n) is 5.87. The summed E-state index contributed by atoms with van der Waals surface area (Å²) in [5.41, 5.74) is 1.10. The van der Waals surface area contributed by atoms with Gasteiger partial charge in [-0.15, -0.1) is 0 Å².